The predicted molar refractivity (Wildman–Crippen MR) is 174 cm³/mol. The smallest absolute Gasteiger partial charge is 0.331 e. The molecule has 4 rings (SSSR count). The Morgan fingerprint density at radius 2 is 1.52 bits per heavy atom. The number of aliphatic hydroxyl groups excluding tert-OH is 1. The van der Waals surface area contributed by atoms with E-state index in [1.165, 1.54) is 34.8 Å². The molecule has 4 aromatic rings. The standard InChI is InChI=1S/C33H39N5O7S/c1-24(2)19-37(46(44,45)28-15-13-26(14-16-28)18-34-43)21-30(39)29(17-25-9-5-3-6-10-25)35-31(40)22-36-23-32(41)38(33(36)42)20-27-11-7-4-8-12-27/h3-16,23-24,29-30,39,41H,17-22H2,1-2H3,(H,35,40)/t29-,30+/m0/s1. The van der Waals surface area contributed by atoms with Gasteiger partial charge in [0.15, 0.2) is 0 Å². The van der Waals surface area contributed by atoms with Crippen LogP contribution < -0.4 is 11.0 Å². The largest absolute Gasteiger partial charge is 0.493 e. The molecule has 244 valence electrons. The molecule has 13 heteroatoms. The highest BCUT2D eigenvalue weighted by Crippen LogP contribution is 2.20. The molecule has 0 bridgehead atoms. The highest BCUT2D eigenvalue weighted by atomic mass is 32.2. The summed E-state index contributed by atoms with van der Waals surface area (Å²) in [6.45, 7) is 3.10. The van der Waals surface area contributed by atoms with Crippen molar-refractivity contribution in [3.05, 3.63) is 123 Å². The molecule has 1 heterocycles. The number of nitroso groups, excluding NO2 is 1. The van der Waals surface area contributed by atoms with Crippen LogP contribution in [-0.4, -0.2) is 63.2 Å². The number of amides is 1. The van der Waals surface area contributed by atoms with Crippen LogP contribution in [0, 0.1) is 10.8 Å². The highest BCUT2D eigenvalue weighted by Gasteiger charge is 2.31. The SMILES string of the molecule is CC(C)CN(C[C@@H](O)[C@H](Cc1ccccc1)NC(=O)Cn1cc(O)n(Cc2ccccc2)c1=O)S(=O)(=O)c1ccc(CN=O)cc1. The normalized spacial score (nSPS) is 13.1. The van der Waals surface area contributed by atoms with Crippen LogP contribution in [0.25, 0.3) is 0 Å². The van der Waals surface area contributed by atoms with E-state index in [0.717, 1.165) is 20.3 Å². The summed E-state index contributed by atoms with van der Waals surface area (Å²) in [7, 11) is -4.06. The van der Waals surface area contributed by atoms with Gasteiger partial charge in [-0.3, -0.25) is 13.9 Å². The number of benzene rings is 3. The number of carbonyl (C=O) groups excluding carboxylic acids is 1. The molecule has 0 fully saturated rings. The van der Waals surface area contributed by atoms with E-state index in [0.29, 0.717) is 5.56 Å². The van der Waals surface area contributed by atoms with Crippen molar-refractivity contribution in [1.82, 2.24) is 18.8 Å². The van der Waals surface area contributed by atoms with Crippen molar-refractivity contribution in [2.45, 2.75) is 56.9 Å². The average molecular weight is 650 g/mol. The van der Waals surface area contributed by atoms with E-state index in [1.807, 2.05) is 74.5 Å². The summed E-state index contributed by atoms with van der Waals surface area (Å²) in [5.74, 6) is -0.980. The molecule has 0 saturated carbocycles. The molecule has 0 aliphatic heterocycles. The summed E-state index contributed by atoms with van der Waals surface area (Å²) in [5.41, 5.74) is 1.58. The molecule has 12 nitrogen and oxygen atoms in total. The van der Waals surface area contributed by atoms with Crippen molar-refractivity contribution in [3.63, 3.8) is 0 Å². The molecule has 3 N–H and O–H groups in total. The third kappa shape index (κ3) is 8.99. The highest BCUT2D eigenvalue weighted by molar-refractivity contribution is 7.89. The summed E-state index contributed by atoms with van der Waals surface area (Å²) in [4.78, 5) is 36.9. The monoisotopic (exact) mass is 649 g/mol. The zero-order chi connectivity index (χ0) is 33.3. The Kier molecular flexibility index (Phi) is 11.6. The van der Waals surface area contributed by atoms with Gasteiger partial charge >= 0.3 is 5.69 Å². The molecular weight excluding hydrogens is 610 g/mol. The molecule has 1 amide bonds. The van der Waals surface area contributed by atoms with Gasteiger partial charge in [0.2, 0.25) is 21.8 Å². The summed E-state index contributed by atoms with van der Waals surface area (Å²) < 4.78 is 30.8. The summed E-state index contributed by atoms with van der Waals surface area (Å²) >= 11 is 0. The predicted octanol–water partition coefficient (Wildman–Crippen LogP) is 3.11. The van der Waals surface area contributed by atoms with Crippen LogP contribution in [0.2, 0.25) is 0 Å². The first kappa shape index (κ1) is 34.3. The number of nitrogens with zero attached hydrogens (tertiary/aromatic N) is 4. The number of nitrogens with one attached hydrogen (secondary N) is 1. The fourth-order valence-corrected chi connectivity index (χ4v) is 6.73. The molecule has 0 unspecified atom stereocenters. The van der Waals surface area contributed by atoms with Gasteiger partial charge in [-0.1, -0.05) is 91.8 Å². The number of hydrogen-bond donors (Lipinski definition) is 3. The number of hydrogen-bond acceptors (Lipinski definition) is 8. The Morgan fingerprint density at radius 3 is 2.11 bits per heavy atom. The lowest BCUT2D eigenvalue weighted by atomic mass is 10.0. The van der Waals surface area contributed by atoms with Crippen LogP contribution in [0.4, 0.5) is 0 Å². The van der Waals surface area contributed by atoms with E-state index >= 15 is 0 Å². The minimum Gasteiger partial charge on any atom is -0.493 e. The third-order valence-electron chi connectivity index (χ3n) is 7.40. The van der Waals surface area contributed by atoms with Crippen molar-refractivity contribution in [1.29, 1.82) is 0 Å². The molecule has 1 aromatic heterocycles. The molecule has 46 heavy (non-hydrogen) atoms. The Morgan fingerprint density at radius 1 is 0.913 bits per heavy atom. The van der Waals surface area contributed by atoms with Gasteiger partial charge in [-0.05, 0) is 41.2 Å². The minimum atomic E-state index is -4.06. The third-order valence-corrected chi connectivity index (χ3v) is 9.24. The quantitative estimate of drug-likeness (QED) is 0.157. The van der Waals surface area contributed by atoms with Crippen molar-refractivity contribution in [3.8, 4) is 5.88 Å². The second-order valence-electron chi connectivity index (χ2n) is 11.5. The van der Waals surface area contributed by atoms with Crippen LogP contribution >= 0.6 is 0 Å². The van der Waals surface area contributed by atoms with Gasteiger partial charge in [0.1, 0.15) is 13.1 Å². The first-order valence-electron chi connectivity index (χ1n) is 14.9. The van der Waals surface area contributed by atoms with Gasteiger partial charge in [-0.15, -0.1) is 0 Å². The Hall–Kier alpha value is -4.59. The summed E-state index contributed by atoms with van der Waals surface area (Å²) in [6, 6.07) is 23.1. The van der Waals surface area contributed by atoms with Gasteiger partial charge in [0.25, 0.3) is 0 Å². The first-order chi connectivity index (χ1) is 22.0. The number of aromatic nitrogens is 2. The number of carbonyl (C=O) groups is 1. The molecule has 0 saturated heterocycles. The van der Waals surface area contributed by atoms with Gasteiger partial charge in [-0.25, -0.2) is 13.2 Å². The van der Waals surface area contributed by atoms with Gasteiger partial charge < -0.3 is 15.5 Å². The van der Waals surface area contributed by atoms with E-state index in [2.05, 4.69) is 10.5 Å². The first-order valence-corrected chi connectivity index (χ1v) is 16.3. The van der Waals surface area contributed by atoms with Crippen LogP contribution in [0.5, 0.6) is 5.88 Å². The lowest BCUT2D eigenvalue weighted by Gasteiger charge is -2.30. The molecule has 0 aliphatic rings. The topological polar surface area (TPSA) is 163 Å². The number of aromatic hydroxyl groups is 1. The zero-order valence-electron chi connectivity index (χ0n) is 25.8. The fourth-order valence-electron chi connectivity index (χ4n) is 5.11. The van der Waals surface area contributed by atoms with Gasteiger partial charge in [-0.2, -0.15) is 9.21 Å². The van der Waals surface area contributed by atoms with E-state index < -0.39 is 40.3 Å². The Labute approximate surface area is 268 Å². The van der Waals surface area contributed by atoms with Crippen LogP contribution in [0.15, 0.2) is 106 Å². The van der Waals surface area contributed by atoms with Crippen molar-refractivity contribution < 1.29 is 23.4 Å². The van der Waals surface area contributed by atoms with E-state index in [-0.39, 0.29) is 49.3 Å². The van der Waals surface area contributed by atoms with E-state index in [9.17, 15) is 33.1 Å². The summed E-state index contributed by atoms with van der Waals surface area (Å²) in [6.07, 6.45) is 0.0382. The maximum Gasteiger partial charge on any atom is 0.331 e. The molecular formula is C33H39N5O7S. The lowest BCUT2D eigenvalue weighted by molar-refractivity contribution is -0.123. The van der Waals surface area contributed by atoms with Crippen molar-refractivity contribution in [2.24, 2.45) is 11.1 Å². The van der Waals surface area contributed by atoms with Crippen LogP contribution in [0.1, 0.15) is 30.5 Å². The number of aliphatic hydroxyl groups is 1. The maximum atomic E-state index is 13.7. The van der Waals surface area contributed by atoms with E-state index in [1.54, 1.807) is 0 Å². The van der Waals surface area contributed by atoms with Crippen molar-refractivity contribution in [2.75, 3.05) is 13.1 Å². The molecule has 0 aliphatic carbocycles. The van der Waals surface area contributed by atoms with Crippen molar-refractivity contribution >= 4 is 15.9 Å². The lowest BCUT2D eigenvalue weighted by Crippen LogP contribution is -2.52. The molecule has 2 atom stereocenters. The summed E-state index contributed by atoms with van der Waals surface area (Å²) in [5, 5.41) is 27.5. The zero-order valence-corrected chi connectivity index (χ0v) is 26.6. The molecule has 3 aromatic carbocycles. The Balaban J connectivity index is 1.55. The maximum absolute atomic E-state index is 13.7. The number of sulfonamides is 1. The Bertz CT molecular complexity index is 1760. The van der Waals surface area contributed by atoms with Crippen LogP contribution in [0.3, 0.4) is 0 Å². The second-order valence-corrected chi connectivity index (χ2v) is 13.5. The minimum absolute atomic E-state index is 0.00200. The molecule has 0 spiro atoms. The second kappa shape index (κ2) is 15.6. The van der Waals surface area contributed by atoms with Gasteiger partial charge in [0, 0.05) is 13.1 Å². The average Bonchev–Trinajstić information content (AvgIpc) is 3.28. The molecule has 0 radical (unpaired) electrons. The fraction of sp³-hybridized carbons (Fsp3) is 0.333. The number of imidazole rings is 1. The van der Waals surface area contributed by atoms with Crippen LogP contribution in [-0.2, 0) is 40.9 Å². The van der Waals surface area contributed by atoms with Gasteiger partial charge in [0.05, 0.1) is 29.8 Å². The number of rotatable bonds is 16. The van der Waals surface area contributed by atoms with E-state index in [4.69, 9.17) is 0 Å².